The van der Waals surface area contributed by atoms with Gasteiger partial charge in [0.25, 0.3) is 6.02 Å². The predicted octanol–water partition coefficient (Wildman–Crippen LogP) is 3.49. The molecule has 1 aromatic carbocycles. The van der Waals surface area contributed by atoms with Crippen LogP contribution >= 0.6 is 0 Å². The number of aryl methyl sites for hydroxylation is 2. The van der Waals surface area contributed by atoms with E-state index in [9.17, 15) is 26.7 Å². The summed E-state index contributed by atoms with van der Waals surface area (Å²) in [6.45, 7) is 1.88. The third-order valence-electron chi connectivity index (χ3n) is 4.92. The van der Waals surface area contributed by atoms with Crippen LogP contribution in [-0.2, 0) is 16.7 Å². The van der Waals surface area contributed by atoms with E-state index in [2.05, 4.69) is 19.7 Å². The molecule has 2 heterocycles. The van der Waals surface area contributed by atoms with Crippen molar-refractivity contribution in [2.45, 2.75) is 44.5 Å². The van der Waals surface area contributed by atoms with Crippen LogP contribution in [0.1, 0.15) is 39.4 Å². The number of amidine groups is 1. The van der Waals surface area contributed by atoms with Crippen LogP contribution in [-0.4, -0.2) is 40.7 Å². The number of carbonyl (C=O) groups is 1. The van der Waals surface area contributed by atoms with Gasteiger partial charge in [0.1, 0.15) is 23.7 Å². The molecule has 31 heavy (non-hydrogen) atoms. The first-order valence-electron chi connectivity index (χ1n) is 9.22. The van der Waals surface area contributed by atoms with Crippen LogP contribution in [0.25, 0.3) is 0 Å². The quantitative estimate of drug-likeness (QED) is 0.566. The number of halogens is 5. The van der Waals surface area contributed by atoms with Crippen molar-refractivity contribution in [1.29, 1.82) is 0 Å². The lowest BCUT2D eigenvalue weighted by Crippen LogP contribution is -2.48. The zero-order valence-electron chi connectivity index (χ0n) is 16.6. The second-order valence-corrected chi connectivity index (χ2v) is 7.33. The topological polar surface area (TPSA) is 90.5 Å². The SMILES string of the molecule is Cc1cnc(C(=O)Cc2ccc(F)c([C@]3(CF)C[C@@H](C(F)(F)F)OC(N)=N3)c2)c(C)n1. The molecule has 0 amide bonds. The molecule has 0 saturated heterocycles. The molecule has 2 atom stereocenters. The van der Waals surface area contributed by atoms with Gasteiger partial charge in [-0.15, -0.1) is 0 Å². The maximum Gasteiger partial charge on any atom is 0.425 e. The van der Waals surface area contributed by atoms with Crippen molar-refractivity contribution < 1.29 is 31.5 Å². The van der Waals surface area contributed by atoms with Crippen molar-refractivity contribution in [2.24, 2.45) is 10.7 Å². The average molecular weight is 442 g/mol. The molecule has 3 rings (SSSR count). The highest BCUT2D eigenvalue weighted by atomic mass is 19.4. The largest absolute Gasteiger partial charge is 0.452 e. The normalized spacial score (nSPS) is 21.4. The van der Waals surface area contributed by atoms with E-state index < -0.39 is 54.1 Å². The number of benzene rings is 1. The van der Waals surface area contributed by atoms with E-state index in [0.29, 0.717) is 11.4 Å². The zero-order valence-corrected chi connectivity index (χ0v) is 16.6. The minimum atomic E-state index is -4.85. The molecular weight excluding hydrogens is 423 g/mol. The lowest BCUT2D eigenvalue weighted by atomic mass is 9.83. The summed E-state index contributed by atoms with van der Waals surface area (Å²) in [6, 6.07) is 2.47. The Morgan fingerprint density at radius 1 is 1.32 bits per heavy atom. The van der Waals surface area contributed by atoms with Gasteiger partial charge >= 0.3 is 6.18 Å². The molecule has 6 nitrogen and oxygen atoms in total. The fraction of sp³-hybridized carbons (Fsp3) is 0.400. The van der Waals surface area contributed by atoms with Gasteiger partial charge in [-0.2, -0.15) is 13.2 Å². The van der Waals surface area contributed by atoms with Crippen molar-refractivity contribution in [3.8, 4) is 0 Å². The number of Topliss-reactive ketones (excluding diaryl/α,β-unsaturated/α-hetero) is 1. The fourth-order valence-electron chi connectivity index (χ4n) is 3.47. The van der Waals surface area contributed by atoms with Crippen LogP contribution < -0.4 is 5.73 Å². The summed E-state index contributed by atoms with van der Waals surface area (Å²) in [7, 11) is 0. The van der Waals surface area contributed by atoms with Crippen LogP contribution in [0.3, 0.4) is 0 Å². The predicted molar refractivity (Wildman–Crippen MR) is 101 cm³/mol. The first kappa shape index (κ1) is 22.6. The van der Waals surface area contributed by atoms with Gasteiger partial charge in [-0.1, -0.05) is 6.07 Å². The summed E-state index contributed by atoms with van der Waals surface area (Å²) in [4.78, 5) is 24.5. The second-order valence-electron chi connectivity index (χ2n) is 7.33. The van der Waals surface area contributed by atoms with E-state index in [4.69, 9.17) is 5.73 Å². The molecule has 1 aliphatic heterocycles. The fourth-order valence-corrected chi connectivity index (χ4v) is 3.47. The highest BCUT2D eigenvalue weighted by Gasteiger charge is 2.52. The van der Waals surface area contributed by atoms with E-state index in [1.54, 1.807) is 13.8 Å². The molecule has 1 aromatic heterocycles. The number of alkyl halides is 4. The third kappa shape index (κ3) is 4.64. The third-order valence-corrected chi connectivity index (χ3v) is 4.92. The van der Waals surface area contributed by atoms with Crippen LogP contribution in [0.15, 0.2) is 29.4 Å². The second kappa shape index (κ2) is 8.20. The summed E-state index contributed by atoms with van der Waals surface area (Å²) < 4.78 is 72.8. The molecule has 166 valence electrons. The van der Waals surface area contributed by atoms with Crippen molar-refractivity contribution in [3.05, 3.63) is 58.4 Å². The van der Waals surface area contributed by atoms with Crippen molar-refractivity contribution in [2.75, 3.05) is 6.67 Å². The lowest BCUT2D eigenvalue weighted by molar-refractivity contribution is -0.209. The first-order chi connectivity index (χ1) is 14.4. The van der Waals surface area contributed by atoms with E-state index in [-0.39, 0.29) is 17.7 Å². The van der Waals surface area contributed by atoms with Crippen LogP contribution in [0.4, 0.5) is 22.0 Å². The Kier molecular flexibility index (Phi) is 5.97. The number of ketones is 1. The first-order valence-corrected chi connectivity index (χ1v) is 9.22. The highest BCUT2D eigenvalue weighted by molar-refractivity contribution is 5.96. The number of aliphatic imine (C=N–C) groups is 1. The van der Waals surface area contributed by atoms with Crippen LogP contribution in [0, 0.1) is 19.7 Å². The highest BCUT2D eigenvalue weighted by Crippen LogP contribution is 2.41. The number of nitrogens with zero attached hydrogens (tertiary/aromatic N) is 3. The number of hydrogen-bond acceptors (Lipinski definition) is 6. The van der Waals surface area contributed by atoms with Gasteiger partial charge in [-0.3, -0.25) is 9.78 Å². The summed E-state index contributed by atoms with van der Waals surface area (Å²) >= 11 is 0. The van der Waals surface area contributed by atoms with Crippen molar-refractivity contribution in [3.63, 3.8) is 0 Å². The Bertz CT molecular complexity index is 1040. The molecule has 0 unspecified atom stereocenters. The lowest BCUT2D eigenvalue weighted by Gasteiger charge is -2.36. The van der Waals surface area contributed by atoms with Gasteiger partial charge in [0.2, 0.25) is 0 Å². The Hall–Kier alpha value is -3.11. The Morgan fingerprint density at radius 2 is 2.03 bits per heavy atom. The molecular formula is C20H19F5N4O2. The number of hydrogen-bond donors (Lipinski definition) is 1. The van der Waals surface area contributed by atoms with E-state index in [1.807, 2.05) is 0 Å². The van der Waals surface area contributed by atoms with Gasteiger partial charge < -0.3 is 10.5 Å². The van der Waals surface area contributed by atoms with Gasteiger partial charge in [-0.25, -0.2) is 18.8 Å². The number of carbonyl (C=O) groups excluding carboxylic acids is 1. The molecule has 0 spiro atoms. The summed E-state index contributed by atoms with van der Waals surface area (Å²) in [5, 5.41) is 0. The molecule has 0 aliphatic carbocycles. The monoisotopic (exact) mass is 442 g/mol. The van der Waals surface area contributed by atoms with Gasteiger partial charge in [0, 0.05) is 24.6 Å². The van der Waals surface area contributed by atoms with E-state index >= 15 is 0 Å². The molecule has 0 fully saturated rings. The zero-order chi connectivity index (χ0) is 23.0. The summed E-state index contributed by atoms with van der Waals surface area (Å²) in [6.07, 6.45) is -7.12. The molecule has 1 aliphatic rings. The van der Waals surface area contributed by atoms with E-state index in [1.165, 1.54) is 12.3 Å². The molecule has 2 aromatic rings. The molecule has 0 saturated carbocycles. The maximum absolute atomic E-state index is 14.6. The van der Waals surface area contributed by atoms with E-state index in [0.717, 1.165) is 12.1 Å². The number of nitrogens with two attached hydrogens (primary N) is 1. The molecule has 0 bridgehead atoms. The Morgan fingerprint density at radius 3 is 2.65 bits per heavy atom. The molecule has 0 radical (unpaired) electrons. The Labute approximate surface area is 174 Å². The summed E-state index contributed by atoms with van der Waals surface area (Å²) in [5.74, 6) is -1.40. The van der Waals surface area contributed by atoms with Gasteiger partial charge in [-0.05, 0) is 31.5 Å². The van der Waals surface area contributed by atoms with Crippen molar-refractivity contribution >= 4 is 11.8 Å². The number of rotatable bonds is 5. The minimum Gasteiger partial charge on any atom is -0.452 e. The molecule has 2 N–H and O–H groups in total. The standard InChI is InChI=1S/C20H19F5N4O2/c1-10-8-27-17(11(2)28-10)15(30)6-12-3-4-14(22)13(5-12)19(9-21)7-16(20(23,24)25)31-18(26)29-19/h3-5,8,16H,6-7,9H2,1-2H3,(H2,26,29)/t16-,19+/m0/s1. The van der Waals surface area contributed by atoms with Crippen LogP contribution in [0.5, 0.6) is 0 Å². The number of ether oxygens (including phenoxy) is 1. The summed E-state index contributed by atoms with van der Waals surface area (Å²) in [5.41, 5.74) is 4.08. The molecule has 11 heteroatoms. The number of aromatic nitrogens is 2. The van der Waals surface area contributed by atoms with Crippen molar-refractivity contribution in [1.82, 2.24) is 9.97 Å². The minimum absolute atomic E-state index is 0.113. The maximum atomic E-state index is 14.6. The smallest absolute Gasteiger partial charge is 0.425 e. The van der Waals surface area contributed by atoms with Gasteiger partial charge in [0.15, 0.2) is 11.9 Å². The van der Waals surface area contributed by atoms with Crippen LogP contribution in [0.2, 0.25) is 0 Å². The Balaban J connectivity index is 1.98. The van der Waals surface area contributed by atoms with Gasteiger partial charge in [0.05, 0.1) is 11.4 Å². The average Bonchev–Trinajstić information content (AvgIpc) is 2.68.